The van der Waals surface area contributed by atoms with Gasteiger partial charge in [-0.3, -0.25) is 0 Å². The normalized spacial score (nSPS) is 12.4. The minimum Gasteiger partial charge on any atom is -0.496 e. The van der Waals surface area contributed by atoms with Crippen molar-refractivity contribution in [3.05, 3.63) is 52.0 Å². The molecule has 1 N–H and O–H groups in total. The number of halogens is 1. The average molecular weight is 265 g/mol. The predicted octanol–water partition coefficient (Wildman–Crippen LogP) is 3.40. The number of methoxy groups -OCH3 is 1. The summed E-state index contributed by atoms with van der Waals surface area (Å²) in [5.41, 5.74) is 0.855. The lowest BCUT2D eigenvalue weighted by molar-refractivity contribution is 0.399. The first-order valence-corrected chi connectivity index (χ1v) is 6.65. The SMILES string of the molecule is CNC(Cc1cccs1)c1cc(F)ccc1OC. The van der Waals surface area contributed by atoms with Crippen LogP contribution < -0.4 is 10.1 Å². The molecule has 2 rings (SSSR count). The summed E-state index contributed by atoms with van der Waals surface area (Å²) in [6.45, 7) is 0. The summed E-state index contributed by atoms with van der Waals surface area (Å²) < 4.78 is 18.7. The molecule has 1 aromatic carbocycles. The zero-order chi connectivity index (χ0) is 13.0. The van der Waals surface area contributed by atoms with Crippen molar-refractivity contribution in [2.45, 2.75) is 12.5 Å². The lowest BCUT2D eigenvalue weighted by Crippen LogP contribution is -2.19. The van der Waals surface area contributed by atoms with Gasteiger partial charge in [0.25, 0.3) is 0 Å². The van der Waals surface area contributed by atoms with E-state index in [1.165, 1.54) is 17.0 Å². The van der Waals surface area contributed by atoms with Crippen molar-refractivity contribution in [3.63, 3.8) is 0 Å². The number of ether oxygens (including phenoxy) is 1. The standard InChI is InChI=1S/C14H16FNOS/c1-16-13(9-11-4-3-7-18-11)12-8-10(15)5-6-14(12)17-2/h3-8,13,16H,9H2,1-2H3. The molecule has 0 bridgehead atoms. The number of nitrogens with one attached hydrogen (secondary N) is 1. The molecule has 0 aliphatic rings. The molecule has 4 heteroatoms. The Morgan fingerprint density at radius 2 is 2.22 bits per heavy atom. The molecule has 96 valence electrons. The second-order valence-corrected chi connectivity index (χ2v) is 5.04. The largest absolute Gasteiger partial charge is 0.496 e. The van der Waals surface area contributed by atoms with Crippen LogP contribution >= 0.6 is 11.3 Å². The molecule has 0 saturated carbocycles. The third-order valence-electron chi connectivity index (χ3n) is 2.90. The van der Waals surface area contributed by atoms with Gasteiger partial charge in [0.2, 0.25) is 0 Å². The maximum atomic E-state index is 13.4. The Morgan fingerprint density at radius 1 is 1.39 bits per heavy atom. The van der Waals surface area contributed by atoms with Gasteiger partial charge in [-0.15, -0.1) is 11.3 Å². The molecule has 2 aromatic rings. The second kappa shape index (κ2) is 5.98. The highest BCUT2D eigenvalue weighted by Crippen LogP contribution is 2.29. The Hall–Kier alpha value is -1.39. The molecule has 1 unspecified atom stereocenters. The fraction of sp³-hybridized carbons (Fsp3) is 0.286. The monoisotopic (exact) mass is 265 g/mol. The molecule has 0 spiro atoms. The molecule has 1 aromatic heterocycles. The predicted molar refractivity (Wildman–Crippen MR) is 72.8 cm³/mol. The van der Waals surface area contributed by atoms with E-state index in [2.05, 4.69) is 11.4 Å². The summed E-state index contributed by atoms with van der Waals surface area (Å²) >= 11 is 1.70. The molecule has 0 fully saturated rings. The first-order chi connectivity index (χ1) is 8.74. The van der Waals surface area contributed by atoms with Crippen molar-refractivity contribution in [2.75, 3.05) is 14.2 Å². The molecule has 0 amide bonds. The minimum absolute atomic E-state index is 0.0503. The molecule has 0 aliphatic heterocycles. The van der Waals surface area contributed by atoms with E-state index in [1.807, 2.05) is 18.5 Å². The summed E-state index contributed by atoms with van der Waals surface area (Å²) in [5, 5.41) is 5.27. The van der Waals surface area contributed by atoms with Gasteiger partial charge in [0.15, 0.2) is 0 Å². The maximum absolute atomic E-state index is 13.4. The van der Waals surface area contributed by atoms with Crippen molar-refractivity contribution < 1.29 is 9.13 Å². The smallest absolute Gasteiger partial charge is 0.123 e. The quantitative estimate of drug-likeness (QED) is 0.894. The molecule has 2 nitrogen and oxygen atoms in total. The average Bonchev–Trinajstić information content (AvgIpc) is 2.88. The summed E-state index contributed by atoms with van der Waals surface area (Å²) in [6.07, 6.45) is 0.827. The molecule has 0 aliphatic carbocycles. The fourth-order valence-electron chi connectivity index (χ4n) is 1.97. The van der Waals surface area contributed by atoms with Crippen molar-refractivity contribution in [2.24, 2.45) is 0 Å². The number of likely N-dealkylation sites (N-methyl/N-ethyl adjacent to an activating group) is 1. The fourth-order valence-corrected chi connectivity index (χ4v) is 2.73. The van der Waals surface area contributed by atoms with Gasteiger partial charge in [-0.25, -0.2) is 4.39 Å². The van der Waals surface area contributed by atoms with Gasteiger partial charge < -0.3 is 10.1 Å². The van der Waals surface area contributed by atoms with Crippen LogP contribution in [0.25, 0.3) is 0 Å². The van der Waals surface area contributed by atoms with E-state index in [0.717, 1.165) is 12.0 Å². The Bertz CT molecular complexity index is 499. The van der Waals surface area contributed by atoms with Gasteiger partial charge in [0, 0.05) is 22.9 Å². The van der Waals surface area contributed by atoms with Gasteiger partial charge in [-0.2, -0.15) is 0 Å². The van der Waals surface area contributed by atoms with E-state index >= 15 is 0 Å². The minimum atomic E-state index is -0.239. The van der Waals surface area contributed by atoms with E-state index in [-0.39, 0.29) is 11.9 Å². The zero-order valence-corrected chi connectivity index (χ0v) is 11.3. The van der Waals surface area contributed by atoms with Gasteiger partial charge in [-0.05, 0) is 36.7 Å². The Kier molecular flexibility index (Phi) is 4.33. The molecule has 1 atom stereocenters. The molecular formula is C14H16FNOS. The number of benzene rings is 1. The third-order valence-corrected chi connectivity index (χ3v) is 3.80. The Balaban J connectivity index is 2.28. The van der Waals surface area contributed by atoms with Crippen LogP contribution in [0.2, 0.25) is 0 Å². The highest BCUT2D eigenvalue weighted by Gasteiger charge is 2.16. The van der Waals surface area contributed by atoms with Crippen LogP contribution in [0.5, 0.6) is 5.75 Å². The van der Waals surface area contributed by atoms with E-state index in [4.69, 9.17) is 4.74 Å². The topological polar surface area (TPSA) is 21.3 Å². The third kappa shape index (κ3) is 2.89. The maximum Gasteiger partial charge on any atom is 0.123 e. The number of hydrogen-bond donors (Lipinski definition) is 1. The first-order valence-electron chi connectivity index (χ1n) is 5.77. The Labute approximate surface area is 110 Å². The summed E-state index contributed by atoms with van der Waals surface area (Å²) in [7, 11) is 3.48. The van der Waals surface area contributed by atoms with Crippen LogP contribution in [0.1, 0.15) is 16.5 Å². The number of hydrogen-bond acceptors (Lipinski definition) is 3. The van der Waals surface area contributed by atoms with E-state index in [1.54, 1.807) is 24.5 Å². The highest BCUT2D eigenvalue weighted by atomic mass is 32.1. The van der Waals surface area contributed by atoms with E-state index in [9.17, 15) is 4.39 Å². The van der Waals surface area contributed by atoms with Crippen LogP contribution in [0.15, 0.2) is 35.7 Å². The number of thiophene rings is 1. The van der Waals surface area contributed by atoms with Crippen LogP contribution in [0.3, 0.4) is 0 Å². The number of rotatable bonds is 5. The molecular weight excluding hydrogens is 249 g/mol. The van der Waals surface area contributed by atoms with Crippen molar-refractivity contribution in [3.8, 4) is 5.75 Å². The van der Waals surface area contributed by atoms with E-state index < -0.39 is 0 Å². The lowest BCUT2D eigenvalue weighted by Gasteiger charge is -2.18. The molecule has 1 heterocycles. The molecule has 0 radical (unpaired) electrons. The van der Waals surface area contributed by atoms with Crippen LogP contribution in [-0.2, 0) is 6.42 Å². The van der Waals surface area contributed by atoms with Crippen LogP contribution in [0.4, 0.5) is 4.39 Å². The second-order valence-electron chi connectivity index (χ2n) is 4.01. The zero-order valence-electron chi connectivity index (χ0n) is 10.4. The summed E-state index contributed by atoms with van der Waals surface area (Å²) in [6, 6.07) is 8.78. The van der Waals surface area contributed by atoms with Crippen molar-refractivity contribution in [1.82, 2.24) is 5.32 Å². The Morgan fingerprint density at radius 3 is 2.83 bits per heavy atom. The van der Waals surface area contributed by atoms with E-state index in [0.29, 0.717) is 5.75 Å². The van der Waals surface area contributed by atoms with Crippen molar-refractivity contribution >= 4 is 11.3 Å². The lowest BCUT2D eigenvalue weighted by atomic mass is 10.0. The van der Waals surface area contributed by atoms with Crippen LogP contribution in [-0.4, -0.2) is 14.2 Å². The highest BCUT2D eigenvalue weighted by molar-refractivity contribution is 7.09. The summed E-state index contributed by atoms with van der Waals surface area (Å²) in [4.78, 5) is 1.26. The molecule has 0 saturated heterocycles. The van der Waals surface area contributed by atoms with Gasteiger partial charge in [0.1, 0.15) is 11.6 Å². The van der Waals surface area contributed by atoms with Gasteiger partial charge >= 0.3 is 0 Å². The molecule has 18 heavy (non-hydrogen) atoms. The van der Waals surface area contributed by atoms with Gasteiger partial charge in [0.05, 0.1) is 7.11 Å². The first kappa shape index (κ1) is 13.1. The van der Waals surface area contributed by atoms with Crippen molar-refractivity contribution in [1.29, 1.82) is 0 Å². The summed E-state index contributed by atoms with van der Waals surface area (Å²) in [5.74, 6) is 0.476. The van der Waals surface area contributed by atoms with Gasteiger partial charge in [-0.1, -0.05) is 6.07 Å². The van der Waals surface area contributed by atoms with Crippen LogP contribution in [0, 0.1) is 5.82 Å².